The molecule has 3 aromatic carbocycles. The van der Waals surface area contributed by atoms with Gasteiger partial charge in [0.15, 0.2) is 0 Å². The molecule has 5 nitrogen and oxygen atoms in total. The van der Waals surface area contributed by atoms with E-state index in [9.17, 15) is 4.79 Å². The van der Waals surface area contributed by atoms with Crippen LogP contribution in [0.5, 0.6) is 5.75 Å². The number of hydrogen-bond acceptors (Lipinski definition) is 3. The van der Waals surface area contributed by atoms with Crippen LogP contribution in [0.3, 0.4) is 0 Å². The molecule has 0 bridgehead atoms. The third-order valence-electron chi connectivity index (χ3n) is 5.61. The van der Waals surface area contributed by atoms with Crippen molar-refractivity contribution in [3.63, 3.8) is 0 Å². The number of rotatable bonds is 5. The second kappa shape index (κ2) is 7.93. The lowest BCUT2D eigenvalue weighted by Crippen LogP contribution is -2.29. The van der Waals surface area contributed by atoms with Gasteiger partial charge in [0.05, 0.1) is 18.8 Å². The fraction of sp³-hybridized carbons (Fsp3) is 0.120. The summed E-state index contributed by atoms with van der Waals surface area (Å²) >= 11 is 6.08. The van der Waals surface area contributed by atoms with Crippen LogP contribution in [0, 0.1) is 0 Å². The van der Waals surface area contributed by atoms with Gasteiger partial charge >= 0.3 is 0 Å². The van der Waals surface area contributed by atoms with Crippen LogP contribution in [0.1, 0.15) is 33.2 Å². The van der Waals surface area contributed by atoms with Crippen LogP contribution < -0.4 is 4.74 Å². The summed E-state index contributed by atoms with van der Waals surface area (Å²) in [6.07, 6.45) is 0. The number of ether oxygens (including phenoxy) is 1. The fourth-order valence-electron chi connectivity index (χ4n) is 4.10. The number of carbonyl (C=O) groups is 1. The van der Waals surface area contributed by atoms with Crippen molar-refractivity contribution in [1.82, 2.24) is 15.1 Å². The van der Waals surface area contributed by atoms with E-state index < -0.39 is 0 Å². The van der Waals surface area contributed by atoms with E-state index in [1.54, 1.807) is 7.11 Å². The number of nitrogens with zero attached hydrogens (tertiary/aromatic N) is 2. The number of carbonyl (C=O) groups excluding carboxylic acids is 1. The molecule has 0 saturated carbocycles. The molecule has 154 valence electrons. The van der Waals surface area contributed by atoms with Crippen molar-refractivity contribution in [2.24, 2.45) is 0 Å². The second-order valence-corrected chi connectivity index (χ2v) is 7.90. The van der Waals surface area contributed by atoms with E-state index in [2.05, 4.69) is 10.2 Å². The Bertz CT molecular complexity index is 1220. The van der Waals surface area contributed by atoms with Gasteiger partial charge in [-0.3, -0.25) is 9.89 Å². The predicted molar refractivity (Wildman–Crippen MR) is 120 cm³/mol. The van der Waals surface area contributed by atoms with Gasteiger partial charge in [0.2, 0.25) is 0 Å². The van der Waals surface area contributed by atoms with Crippen molar-refractivity contribution in [3.05, 3.63) is 106 Å². The highest BCUT2D eigenvalue weighted by atomic mass is 35.5. The van der Waals surface area contributed by atoms with Gasteiger partial charge in [0.25, 0.3) is 5.91 Å². The highest BCUT2D eigenvalue weighted by Gasteiger charge is 2.42. The zero-order valence-corrected chi connectivity index (χ0v) is 17.6. The van der Waals surface area contributed by atoms with Gasteiger partial charge in [-0.15, -0.1) is 0 Å². The molecule has 31 heavy (non-hydrogen) atoms. The lowest BCUT2D eigenvalue weighted by Gasteiger charge is -2.26. The van der Waals surface area contributed by atoms with Gasteiger partial charge in [0.1, 0.15) is 11.4 Å². The van der Waals surface area contributed by atoms with Crippen LogP contribution in [-0.2, 0) is 6.54 Å². The van der Waals surface area contributed by atoms with Crippen molar-refractivity contribution in [2.75, 3.05) is 7.11 Å². The molecule has 5 rings (SSSR count). The number of hydrogen-bond donors (Lipinski definition) is 1. The van der Waals surface area contributed by atoms with Crippen LogP contribution in [0.15, 0.2) is 78.9 Å². The number of amides is 1. The minimum Gasteiger partial charge on any atom is -0.497 e. The van der Waals surface area contributed by atoms with E-state index in [-0.39, 0.29) is 11.9 Å². The van der Waals surface area contributed by atoms with E-state index in [1.807, 2.05) is 83.8 Å². The molecule has 0 saturated heterocycles. The van der Waals surface area contributed by atoms with Crippen molar-refractivity contribution in [3.8, 4) is 17.0 Å². The molecule has 1 aromatic heterocycles. The maximum absolute atomic E-state index is 13.4. The summed E-state index contributed by atoms with van der Waals surface area (Å²) < 4.78 is 5.32. The van der Waals surface area contributed by atoms with Crippen molar-refractivity contribution in [1.29, 1.82) is 0 Å². The quantitative estimate of drug-likeness (QED) is 0.456. The van der Waals surface area contributed by atoms with Gasteiger partial charge < -0.3 is 9.64 Å². The van der Waals surface area contributed by atoms with E-state index in [0.29, 0.717) is 17.3 Å². The maximum Gasteiger partial charge on any atom is 0.273 e. The summed E-state index contributed by atoms with van der Waals surface area (Å²) in [5, 5.41) is 8.14. The van der Waals surface area contributed by atoms with Crippen LogP contribution in [0.25, 0.3) is 11.3 Å². The van der Waals surface area contributed by atoms with E-state index in [4.69, 9.17) is 16.3 Å². The minimum atomic E-state index is -0.266. The van der Waals surface area contributed by atoms with Crippen LogP contribution >= 0.6 is 11.6 Å². The summed E-state index contributed by atoms with van der Waals surface area (Å²) in [6, 6.07) is 25.1. The Morgan fingerprint density at radius 1 is 1.00 bits per heavy atom. The standard InChI is InChI=1S/C25H20ClN3O2/c1-31-20-13-9-18(10-14-20)24-21-22(17-7-11-19(26)12-8-17)27-28-23(21)25(30)29(24)15-16-5-3-2-4-6-16/h2-14,24H,15H2,1H3,(H,27,28). The summed E-state index contributed by atoms with van der Waals surface area (Å²) in [6.45, 7) is 0.499. The Morgan fingerprint density at radius 2 is 1.71 bits per heavy atom. The van der Waals surface area contributed by atoms with E-state index in [1.165, 1.54) is 0 Å². The van der Waals surface area contributed by atoms with E-state index >= 15 is 0 Å². The number of H-pyrrole nitrogens is 1. The highest BCUT2D eigenvalue weighted by Crippen LogP contribution is 2.43. The Balaban J connectivity index is 1.63. The van der Waals surface area contributed by atoms with Gasteiger partial charge in [-0.05, 0) is 35.4 Å². The number of benzene rings is 3. The SMILES string of the molecule is COc1ccc(C2c3c(-c4ccc(Cl)cc4)n[nH]c3C(=O)N2Cc2ccccc2)cc1. The topological polar surface area (TPSA) is 58.2 Å². The zero-order valence-electron chi connectivity index (χ0n) is 16.9. The monoisotopic (exact) mass is 429 g/mol. The largest absolute Gasteiger partial charge is 0.497 e. The Hall–Kier alpha value is -3.57. The second-order valence-electron chi connectivity index (χ2n) is 7.46. The van der Waals surface area contributed by atoms with Crippen LogP contribution in [0.2, 0.25) is 5.02 Å². The minimum absolute atomic E-state index is 0.0626. The molecule has 1 atom stereocenters. The molecule has 6 heteroatoms. The van der Waals surface area contributed by atoms with Crippen LogP contribution in [0.4, 0.5) is 0 Å². The normalized spacial score (nSPS) is 15.2. The predicted octanol–water partition coefficient (Wildman–Crippen LogP) is 5.48. The zero-order chi connectivity index (χ0) is 21.4. The number of aromatic nitrogens is 2. The molecule has 0 spiro atoms. The van der Waals surface area contributed by atoms with Crippen molar-refractivity contribution >= 4 is 17.5 Å². The molecule has 0 radical (unpaired) electrons. The Kier molecular flexibility index (Phi) is 4.96. The molecule has 1 amide bonds. The highest BCUT2D eigenvalue weighted by molar-refractivity contribution is 6.30. The average Bonchev–Trinajstić information content (AvgIpc) is 3.35. The Morgan fingerprint density at radius 3 is 2.39 bits per heavy atom. The molecule has 1 N–H and O–H groups in total. The van der Waals surface area contributed by atoms with E-state index in [0.717, 1.165) is 33.7 Å². The Labute approximate surface area is 185 Å². The van der Waals surface area contributed by atoms with Crippen LogP contribution in [-0.4, -0.2) is 28.1 Å². The molecule has 1 unspecified atom stereocenters. The first kappa shape index (κ1) is 19.4. The molecular weight excluding hydrogens is 410 g/mol. The molecule has 0 aliphatic carbocycles. The molecule has 4 aromatic rings. The number of nitrogens with one attached hydrogen (secondary N) is 1. The van der Waals surface area contributed by atoms with Gasteiger partial charge in [-0.1, -0.05) is 66.2 Å². The van der Waals surface area contributed by atoms with Gasteiger partial charge in [-0.2, -0.15) is 5.10 Å². The fourth-order valence-corrected chi connectivity index (χ4v) is 4.23. The number of fused-ring (bicyclic) bond motifs is 1. The molecule has 2 heterocycles. The first-order valence-corrected chi connectivity index (χ1v) is 10.4. The summed E-state index contributed by atoms with van der Waals surface area (Å²) in [7, 11) is 1.64. The van der Waals surface area contributed by atoms with Gasteiger partial charge in [-0.25, -0.2) is 0 Å². The molecule has 1 aliphatic rings. The third-order valence-corrected chi connectivity index (χ3v) is 5.86. The smallest absolute Gasteiger partial charge is 0.273 e. The number of halogens is 1. The maximum atomic E-state index is 13.4. The first-order valence-electron chi connectivity index (χ1n) is 9.99. The van der Waals surface area contributed by atoms with Gasteiger partial charge in [0, 0.05) is 22.7 Å². The number of methoxy groups -OCH3 is 1. The third kappa shape index (κ3) is 3.47. The lowest BCUT2D eigenvalue weighted by molar-refractivity contribution is 0.0730. The average molecular weight is 430 g/mol. The molecular formula is C25H20ClN3O2. The first-order chi connectivity index (χ1) is 15.2. The number of aromatic amines is 1. The van der Waals surface area contributed by atoms with Crippen molar-refractivity contribution < 1.29 is 9.53 Å². The summed E-state index contributed by atoms with van der Waals surface area (Å²) in [5.74, 6) is 0.709. The molecule has 1 aliphatic heterocycles. The summed E-state index contributed by atoms with van der Waals surface area (Å²) in [4.78, 5) is 15.3. The lowest BCUT2D eigenvalue weighted by atomic mass is 9.96. The summed E-state index contributed by atoms with van der Waals surface area (Å²) in [5.41, 5.74) is 5.15. The van der Waals surface area contributed by atoms with Crippen molar-refractivity contribution in [2.45, 2.75) is 12.6 Å². The molecule has 0 fully saturated rings.